The lowest BCUT2D eigenvalue weighted by atomic mass is 9.63. The standard InChI is InChI=1S/C19H28O3/c1-11-17(20)10-18(21)19(11)8-7-15-14-5-4-13(22-2)9-12(14)3-6-16(15)19/h11-14,18,21H,3-10H2,1-2H3/t11-,12?,13?,14?,18?,19?/m0/s1. The van der Waals surface area contributed by atoms with Crippen molar-refractivity contribution in [3.05, 3.63) is 11.1 Å². The van der Waals surface area contributed by atoms with E-state index in [1.165, 1.54) is 31.3 Å². The van der Waals surface area contributed by atoms with Crippen molar-refractivity contribution in [1.29, 1.82) is 0 Å². The average Bonchev–Trinajstić information content (AvgIpc) is 3.02. The van der Waals surface area contributed by atoms with Gasteiger partial charge in [-0.2, -0.15) is 0 Å². The number of methoxy groups -OCH3 is 1. The highest BCUT2D eigenvalue weighted by molar-refractivity contribution is 5.86. The van der Waals surface area contributed by atoms with Crippen LogP contribution in [0.4, 0.5) is 0 Å². The maximum absolute atomic E-state index is 12.2. The number of hydrogen-bond donors (Lipinski definition) is 1. The Labute approximate surface area is 133 Å². The van der Waals surface area contributed by atoms with Gasteiger partial charge in [0.2, 0.25) is 0 Å². The first-order chi connectivity index (χ1) is 10.6. The smallest absolute Gasteiger partial charge is 0.139 e. The summed E-state index contributed by atoms with van der Waals surface area (Å²) in [6.45, 7) is 2.06. The van der Waals surface area contributed by atoms with Crippen molar-refractivity contribution in [2.45, 2.75) is 70.5 Å². The number of allylic oxidation sites excluding steroid dienone is 1. The third-order valence-corrected chi connectivity index (χ3v) is 7.48. The predicted octanol–water partition coefficient (Wildman–Crippen LogP) is 3.26. The van der Waals surface area contributed by atoms with Crippen LogP contribution in [0.2, 0.25) is 0 Å². The first-order valence-electron chi connectivity index (χ1n) is 9.04. The van der Waals surface area contributed by atoms with Crippen LogP contribution >= 0.6 is 0 Å². The third-order valence-electron chi connectivity index (χ3n) is 7.48. The molecule has 1 spiro atoms. The van der Waals surface area contributed by atoms with Gasteiger partial charge in [0.05, 0.1) is 12.2 Å². The molecule has 3 nitrogen and oxygen atoms in total. The second-order valence-corrected chi connectivity index (χ2v) is 8.03. The molecule has 0 amide bonds. The lowest BCUT2D eigenvalue weighted by molar-refractivity contribution is -0.121. The minimum Gasteiger partial charge on any atom is -0.392 e. The summed E-state index contributed by atoms with van der Waals surface area (Å²) in [5.41, 5.74) is 2.93. The van der Waals surface area contributed by atoms with E-state index < -0.39 is 6.10 Å². The van der Waals surface area contributed by atoms with Crippen LogP contribution in [0.1, 0.15) is 58.3 Å². The molecule has 0 aliphatic heterocycles. The highest BCUT2D eigenvalue weighted by atomic mass is 16.5. The van der Waals surface area contributed by atoms with Gasteiger partial charge in [-0.3, -0.25) is 4.79 Å². The van der Waals surface area contributed by atoms with Crippen molar-refractivity contribution in [3.63, 3.8) is 0 Å². The van der Waals surface area contributed by atoms with Crippen LogP contribution in [0.25, 0.3) is 0 Å². The second-order valence-electron chi connectivity index (χ2n) is 8.03. The molecule has 0 aromatic rings. The van der Waals surface area contributed by atoms with Crippen LogP contribution in [-0.2, 0) is 9.53 Å². The van der Waals surface area contributed by atoms with E-state index in [-0.39, 0.29) is 17.1 Å². The summed E-state index contributed by atoms with van der Waals surface area (Å²) < 4.78 is 5.59. The van der Waals surface area contributed by atoms with E-state index in [0.717, 1.165) is 25.2 Å². The van der Waals surface area contributed by atoms with Crippen LogP contribution in [0, 0.1) is 23.2 Å². The first kappa shape index (κ1) is 14.9. The van der Waals surface area contributed by atoms with E-state index in [9.17, 15) is 9.90 Å². The van der Waals surface area contributed by atoms with Gasteiger partial charge in [-0.15, -0.1) is 0 Å². The fourth-order valence-electron chi connectivity index (χ4n) is 6.26. The van der Waals surface area contributed by atoms with E-state index in [4.69, 9.17) is 4.74 Å². The minimum atomic E-state index is -0.436. The Balaban J connectivity index is 1.67. The van der Waals surface area contributed by atoms with Crippen molar-refractivity contribution in [1.82, 2.24) is 0 Å². The monoisotopic (exact) mass is 304 g/mol. The fraction of sp³-hybridized carbons (Fsp3) is 0.842. The largest absolute Gasteiger partial charge is 0.392 e. The zero-order valence-corrected chi connectivity index (χ0v) is 13.8. The first-order valence-corrected chi connectivity index (χ1v) is 9.04. The number of rotatable bonds is 1. The normalized spacial score (nSPS) is 48.0. The van der Waals surface area contributed by atoms with E-state index in [1.54, 1.807) is 5.57 Å². The Hall–Kier alpha value is -0.670. The van der Waals surface area contributed by atoms with Crippen molar-refractivity contribution >= 4 is 5.78 Å². The summed E-state index contributed by atoms with van der Waals surface area (Å²) in [5.74, 6) is 1.75. The molecule has 4 aliphatic carbocycles. The maximum Gasteiger partial charge on any atom is 0.139 e. The van der Waals surface area contributed by atoms with Gasteiger partial charge in [-0.25, -0.2) is 0 Å². The molecular formula is C19H28O3. The summed E-state index contributed by atoms with van der Waals surface area (Å²) in [7, 11) is 1.84. The molecule has 5 unspecified atom stereocenters. The van der Waals surface area contributed by atoms with Crippen molar-refractivity contribution in [2.24, 2.45) is 23.2 Å². The molecule has 1 N–H and O–H groups in total. The van der Waals surface area contributed by atoms with Gasteiger partial charge >= 0.3 is 0 Å². The zero-order valence-electron chi connectivity index (χ0n) is 13.8. The summed E-state index contributed by atoms with van der Waals surface area (Å²) in [5, 5.41) is 10.7. The number of carbonyl (C=O) groups is 1. The molecule has 3 heteroatoms. The van der Waals surface area contributed by atoms with Crippen LogP contribution in [-0.4, -0.2) is 30.2 Å². The molecule has 2 fully saturated rings. The van der Waals surface area contributed by atoms with Gasteiger partial charge in [0.1, 0.15) is 5.78 Å². The van der Waals surface area contributed by atoms with Crippen LogP contribution in [0.15, 0.2) is 11.1 Å². The van der Waals surface area contributed by atoms with Crippen molar-refractivity contribution in [2.75, 3.05) is 7.11 Å². The molecule has 0 radical (unpaired) electrons. The van der Waals surface area contributed by atoms with E-state index >= 15 is 0 Å². The van der Waals surface area contributed by atoms with E-state index in [1.807, 2.05) is 7.11 Å². The van der Waals surface area contributed by atoms with Gasteiger partial charge in [0, 0.05) is 24.9 Å². The number of fused-ring (bicyclic) bond motifs is 3. The van der Waals surface area contributed by atoms with Gasteiger partial charge in [-0.1, -0.05) is 18.1 Å². The summed E-state index contributed by atoms with van der Waals surface area (Å²) in [6.07, 6.45) is 8.41. The molecule has 6 atom stereocenters. The van der Waals surface area contributed by atoms with Crippen LogP contribution in [0.5, 0.6) is 0 Å². The number of ether oxygens (including phenoxy) is 1. The molecule has 0 bridgehead atoms. The number of ketones is 1. The number of hydrogen-bond acceptors (Lipinski definition) is 3. The Kier molecular flexibility index (Phi) is 3.50. The average molecular weight is 304 g/mol. The quantitative estimate of drug-likeness (QED) is 0.756. The van der Waals surface area contributed by atoms with E-state index in [0.29, 0.717) is 18.4 Å². The summed E-state index contributed by atoms with van der Waals surface area (Å²) in [6, 6.07) is 0. The molecule has 0 aromatic heterocycles. The molecule has 4 aliphatic rings. The number of carbonyl (C=O) groups excluding carboxylic acids is 1. The molecule has 122 valence electrons. The SMILES string of the molecule is COC1CCC2C3=C(CCC2C1)C1(CC3)C(O)CC(=O)[C@@H]1C. The summed E-state index contributed by atoms with van der Waals surface area (Å²) >= 11 is 0. The zero-order chi connectivity index (χ0) is 15.5. The number of Topliss-reactive ketones (excluding diaryl/α,β-unsaturated/α-hetero) is 1. The number of aliphatic hydroxyl groups excluding tert-OH is 1. The molecule has 0 aromatic carbocycles. The summed E-state index contributed by atoms with van der Waals surface area (Å²) in [4.78, 5) is 12.2. The van der Waals surface area contributed by atoms with Gasteiger partial charge in [-0.05, 0) is 56.8 Å². The fourth-order valence-corrected chi connectivity index (χ4v) is 6.26. The maximum atomic E-state index is 12.2. The molecular weight excluding hydrogens is 276 g/mol. The Morgan fingerprint density at radius 3 is 2.73 bits per heavy atom. The molecule has 0 heterocycles. The lowest BCUT2D eigenvalue weighted by Crippen LogP contribution is -2.38. The Bertz CT molecular complexity index is 523. The predicted molar refractivity (Wildman–Crippen MR) is 84.3 cm³/mol. The highest BCUT2D eigenvalue weighted by Crippen LogP contribution is 2.62. The molecule has 0 saturated heterocycles. The second kappa shape index (κ2) is 5.17. The third kappa shape index (κ3) is 1.85. The Morgan fingerprint density at radius 2 is 2.05 bits per heavy atom. The van der Waals surface area contributed by atoms with Gasteiger partial charge < -0.3 is 9.84 Å². The van der Waals surface area contributed by atoms with Crippen LogP contribution in [0.3, 0.4) is 0 Å². The Morgan fingerprint density at radius 1 is 1.23 bits per heavy atom. The van der Waals surface area contributed by atoms with Crippen LogP contribution < -0.4 is 0 Å². The number of aliphatic hydroxyl groups is 1. The van der Waals surface area contributed by atoms with Gasteiger partial charge in [0.15, 0.2) is 0 Å². The van der Waals surface area contributed by atoms with Crippen molar-refractivity contribution in [3.8, 4) is 0 Å². The molecule has 4 rings (SSSR count). The highest BCUT2D eigenvalue weighted by Gasteiger charge is 2.58. The van der Waals surface area contributed by atoms with E-state index in [2.05, 4.69) is 6.92 Å². The van der Waals surface area contributed by atoms with Gasteiger partial charge in [0.25, 0.3) is 0 Å². The molecule has 22 heavy (non-hydrogen) atoms. The van der Waals surface area contributed by atoms with Crippen molar-refractivity contribution < 1.29 is 14.6 Å². The topological polar surface area (TPSA) is 46.5 Å². The minimum absolute atomic E-state index is 0.0156. The lowest BCUT2D eigenvalue weighted by Gasteiger charge is -2.43. The molecule has 2 saturated carbocycles.